The Morgan fingerprint density at radius 3 is 2.42 bits per heavy atom. The molecule has 26 heavy (non-hydrogen) atoms. The molecular formula is C18H17N7S. The van der Waals surface area contributed by atoms with E-state index in [1.54, 1.807) is 22.2 Å². The summed E-state index contributed by atoms with van der Waals surface area (Å²) in [6.07, 6.45) is 5.50. The Morgan fingerprint density at radius 1 is 0.846 bits per heavy atom. The molecule has 0 aliphatic carbocycles. The molecule has 0 spiro atoms. The van der Waals surface area contributed by atoms with Crippen molar-refractivity contribution in [1.29, 1.82) is 0 Å². The Balaban J connectivity index is 1.30. The van der Waals surface area contributed by atoms with Crippen molar-refractivity contribution in [2.45, 2.75) is 0 Å². The third-order valence-corrected chi connectivity index (χ3v) is 5.52. The summed E-state index contributed by atoms with van der Waals surface area (Å²) in [5.74, 6) is 2.72. The maximum absolute atomic E-state index is 4.62. The Kier molecular flexibility index (Phi) is 3.75. The van der Waals surface area contributed by atoms with Gasteiger partial charge in [0, 0.05) is 54.9 Å². The Bertz CT molecular complexity index is 1000. The zero-order valence-electron chi connectivity index (χ0n) is 14.1. The average molecular weight is 363 g/mol. The number of nitrogens with zero attached hydrogens (tertiary/aromatic N) is 7. The van der Waals surface area contributed by atoms with Gasteiger partial charge >= 0.3 is 0 Å². The van der Waals surface area contributed by atoms with Crippen molar-refractivity contribution < 1.29 is 0 Å². The van der Waals surface area contributed by atoms with Gasteiger partial charge in [-0.1, -0.05) is 0 Å². The van der Waals surface area contributed by atoms with Gasteiger partial charge in [-0.25, -0.2) is 9.67 Å². The van der Waals surface area contributed by atoms with Crippen molar-refractivity contribution in [3.05, 3.63) is 54.3 Å². The first-order chi connectivity index (χ1) is 12.9. The molecule has 0 atom stereocenters. The van der Waals surface area contributed by atoms with E-state index in [1.807, 2.05) is 30.6 Å². The summed E-state index contributed by atoms with van der Waals surface area (Å²) in [7, 11) is 0. The second-order valence-electron chi connectivity index (χ2n) is 6.14. The maximum Gasteiger partial charge on any atom is 0.175 e. The van der Waals surface area contributed by atoms with Gasteiger partial charge in [-0.2, -0.15) is 5.10 Å². The standard InChI is InChI=1S/C18H17N7S/c1-6-20-25(8-1)17-3-2-16(21-22-17)23-9-11-24(12-10-23)18-14-5-13-26-15(14)4-7-19-18/h1-8,13H,9-12H2. The molecule has 0 saturated carbocycles. The molecule has 0 amide bonds. The molecule has 0 radical (unpaired) electrons. The summed E-state index contributed by atoms with van der Waals surface area (Å²) in [6.45, 7) is 3.64. The zero-order valence-corrected chi connectivity index (χ0v) is 14.9. The molecule has 8 heteroatoms. The highest BCUT2D eigenvalue weighted by Gasteiger charge is 2.21. The van der Waals surface area contributed by atoms with Crippen molar-refractivity contribution in [2.75, 3.05) is 36.0 Å². The lowest BCUT2D eigenvalue weighted by Gasteiger charge is -2.36. The highest BCUT2D eigenvalue weighted by molar-refractivity contribution is 7.17. The van der Waals surface area contributed by atoms with Gasteiger partial charge in [0.15, 0.2) is 11.6 Å². The van der Waals surface area contributed by atoms with E-state index in [1.165, 1.54) is 10.1 Å². The summed E-state index contributed by atoms with van der Waals surface area (Å²) in [6, 6.07) is 10.1. The topological polar surface area (TPSA) is 63.0 Å². The van der Waals surface area contributed by atoms with Crippen LogP contribution in [0.25, 0.3) is 15.9 Å². The molecule has 5 heterocycles. The van der Waals surface area contributed by atoms with Gasteiger partial charge in [-0.05, 0) is 35.7 Å². The first kappa shape index (κ1) is 15.3. The van der Waals surface area contributed by atoms with Gasteiger partial charge in [-0.3, -0.25) is 0 Å². The van der Waals surface area contributed by atoms with E-state index < -0.39 is 0 Å². The molecule has 5 rings (SSSR count). The van der Waals surface area contributed by atoms with E-state index in [2.05, 4.69) is 47.6 Å². The second kappa shape index (κ2) is 6.38. The minimum atomic E-state index is 0.728. The number of pyridine rings is 1. The van der Waals surface area contributed by atoms with Gasteiger partial charge < -0.3 is 9.80 Å². The molecule has 0 bridgehead atoms. The fourth-order valence-corrected chi connectivity index (χ4v) is 4.07. The van der Waals surface area contributed by atoms with Crippen LogP contribution in [-0.4, -0.2) is 51.1 Å². The number of fused-ring (bicyclic) bond motifs is 1. The molecule has 1 saturated heterocycles. The first-order valence-corrected chi connectivity index (χ1v) is 9.42. The molecular weight excluding hydrogens is 346 g/mol. The normalized spacial score (nSPS) is 14.9. The van der Waals surface area contributed by atoms with Gasteiger partial charge in [0.05, 0.1) is 0 Å². The SMILES string of the molecule is c1cnn(-c2ccc(N3CCN(c4nccc5sccc45)CC3)nn2)c1. The number of anilines is 2. The van der Waals surface area contributed by atoms with Gasteiger partial charge in [0.1, 0.15) is 5.82 Å². The quantitative estimate of drug-likeness (QED) is 0.558. The lowest BCUT2D eigenvalue weighted by atomic mass is 10.2. The highest BCUT2D eigenvalue weighted by Crippen LogP contribution is 2.29. The average Bonchev–Trinajstić information content (AvgIpc) is 3.40. The van der Waals surface area contributed by atoms with Crippen LogP contribution >= 0.6 is 11.3 Å². The second-order valence-corrected chi connectivity index (χ2v) is 7.09. The molecule has 7 nitrogen and oxygen atoms in total. The smallest absolute Gasteiger partial charge is 0.175 e. The number of thiophene rings is 1. The van der Waals surface area contributed by atoms with Gasteiger partial charge in [0.25, 0.3) is 0 Å². The largest absolute Gasteiger partial charge is 0.353 e. The van der Waals surface area contributed by atoms with E-state index in [0.717, 1.165) is 43.6 Å². The number of hydrogen-bond donors (Lipinski definition) is 0. The molecule has 1 fully saturated rings. The van der Waals surface area contributed by atoms with Crippen LogP contribution in [0.15, 0.2) is 54.3 Å². The summed E-state index contributed by atoms with van der Waals surface area (Å²) in [4.78, 5) is 9.24. The predicted molar refractivity (Wildman–Crippen MR) is 103 cm³/mol. The third-order valence-electron chi connectivity index (χ3n) is 4.64. The van der Waals surface area contributed by atoms with Crippen LogP contribution in [0.3, 0.4) is 0 Å². The Hall–Kier alpha value is -3.00. The van der Waals surface area contributed by atoms with Crippen LogP contribution < -0.4 is 9.80 Å². The lowest BCUT2D eigenvalue weighted by Crippen LogP contribution is -2.47. The molecule has 0 unspecified atom stereocenters. The summed E-state index contributed by atoms with van der Waals surface area (Å²) in [5.41, 5.74) is 0. The fraction of sp³-hybridized carbons (Fsp3) is 0.222. The van der Waals surface area contributed by atoms with Crippen molar-refractivity contribution in [3.8, 4) is 5.82 Å². The number of aromatic nitrogens is 5. The molecule has 0 N–H and O–H groups in total. The minimum absolute atomic E-state index is 0.728. The molecule has 4 aromatic heterocycles. The molecule has 1 aliphatic heterocycles. The van der Waals surface area contributed by atoms with Crippen LogP contribution in [0.1, 0.15) is 0 Å². The highest BCUT2D eigenvalue weighted by atomic mass is 32.1. The van der Waals surface area contributed by atoms with E-state index in [0.29, 0.717) is 0 Å². The van der Waals surface area contributed by atoms with Crippen LogP contribution in [0.4, 0.5) is 11.6 Å². The zero-order chi connectivity index (χ0) is 17.3. The molecule has 0 aromatic carbocycles. The Labute approximate surface area is 154 Å². The van der Waals surface area contributed by atoms with Crippen LogP contribution in [-0.2, 0) is 0 Å². The van der Waals surface area contributed by atoms with Crippen molar-refractivity contribution in [2.24, 2.45) is 0 Å². The maximum atomic E-state index is 4.62. The van der Waals surface area contributed by atoms with Gasteiger partial charge in [0.2, 0.25) is 0 Å². The third kappa shape index (κ3) is 2.68. The lowest BCUT2D eigenvalue weighted by molar-refractivity contribution is 0.638. The molecule has 4 aromatic rings. The summed E-state index contributed by atoms with van der Waals surface area (Å²) < 4.78 is 3.00. The fourth-order valence-electron chi connectivity index (χ4n) is 3.29. The molecule has 130 valence electrons. The van der Waals surface area contributed by atoms with E-state index in [-0.39, 0.29) is 0 Å². The predicted octanol–water partition coefficient (Wildman–Crippen LogP) is 2.60. The summed E-state index contributed by atoms with van der Waals surface area (Å²) in [5, 5.41) is 16.2. The number of hydrogen-bond acceptors (Lipinski definition) is 7. The monoisotopic (exact) mass is 363 g/mol. The van der Waals surface area contributed by atoms with Crippen LogP contribution in [0.2, 0.25) is 0 Å². The summed E-state index contributed by atoms with van der Waals surface area (Å²) >= 11 is 1.76. The number of piperazine rings is 1. The van der Waals surface area contributed by atoms with Crippen molar-refractivity contribution in [1.82, 2.24) is 25.0 Å². The Morgan fingerprint density at radius 2 is 1.65 bits per heavy atom. The van der Waals surface area contributed by atoms with Crippen molar-refractivity contribution >= 4 is 33.1 Å². The molecule has 1 aliphatic rings. The van der Waals surface area contributed by atoms with E-state index >= 15 is 0 Å². The van der Waals surface area contributed by atoms with Crippen molar-refractivity contribution in [3.63, 3.8) is 0 Å². The number of rotatable bonds is 3. The van der Waals surface area contributed by atoms with E-state index in [4.69, 9.17) is 0 Å². The van der Waals surface area contributed by atoms with Crippen LogP contribution in [0, 0.1) is 0 Å². The van der Waals surface area contributed by atoms with E-state index in [9.17, 15) is 0 Å². The van der Waals surface area contributed by atoms with Crippen LogP contribution in [0.5, 0.6) is 0 Å². The van der Waals surface area contributed by atoms with Gasteiger partial charge in [-0.15, -0.1) is 21.5 Å². The first-order valence-electron chi connectivity index (χ1n) is 8.54. The minimum Gasteiger partial charge on any atom is -0.353 e.